The van der Waals surface area contributed by atoms with Crippen LogP contribution in [-0.4, -0.2) is 17.2 Å². The van der Waals surface area contributed by atoms with E-state index in [0.717, 1.165) is 12.8 Å². The normalized spacial score (nSPS) is 50.8. The molecule has 1 aliphatic rings. The van der Waals surface area contributed by atoms with E-state index in [9.17, 15) is 0 Å². The average Bonchev–Trinajstić information content (AvgIpc) is 1.78. The van der Waals surface area contributed by atoms with E-state index >= 15 is 0 Å². The summed E-state index contributed by atoms with van der Waals surface area (Å²) < 4.78 is 7.22. The molecule has 0 aromatic carbocycles. The maximum absolute atomic E-state index is 9.10. The molecule has 2 nitrogen and oxygen atoms in total. The Labute approximate surface area is 51.1 Å². The standard InChI is InChI=1S/C6H13NO/c7-5-1-3-6(8)4-2-5/h5-6,8H,1-4,7H2/t5-,6-/i6D. The molecule has 0 spiro atoms. The highest BCUT2D eigenvalue weighted by molar-refractivity contribution is 4.72. The van der Waals surface area contributed by atoms with Gasteiger partial charge < -0.3 is 10.8 Å². The maximum atomic E-state index is 9.10. The second kappa shape index (κ2) is 2.46. The van der Waals surface area contributed by atoms with Crippen LogP contribution in [0.15, 0.2) is 0 Å². The van der Waals surface area contributed by atoms with Crippen molar-refractivity contribution in [1.29, 1.82) is 0 Å². The molecule has 48 valence electrons. The molecule has 0 atom stereocenters. The molecule has 8 heavy (non-hydrogen) atoms. The smallest absolute Gasteiger partial charge is 0.0600 e. The van der Waals surface area contributed by atoms with Crippen LogP contribution >= 0.6 is 0 Å². The van der Waals surface area contributed by atoms with Gasteiger partial charge in [-0.1, -0.05) is 0 Å². The van der Waals surface area contributed by atoms with E-state index in [1.807, 2.05) is 0 Å². The lowest BCUT2D eigenvalue weighted by atomic mass is 9.94. The van der Waals surface area contributed by atoms with Gasteiger partial charge in [0.2, 0.25) is 0 Å². The van der Waals surface area contributed by atoms with Crippen molar-refractivity contribution in [1.82, 2.24) is 0 Å². The van der Waals surface area contributed by atoms with Crippen LogP contribution in [0.3, 0.4) is 0 Å². The van der Waals surface area contributed by atoms with Crippen molar-refractivity contribution in [3.8, 4) is 0 Å². The molecular formula is C6H13NO. The molecule has 1 fully saturated rings. The van der Waals surface area contributed by atoms with Crippen LogP contribution in [0.25, 0.3) is 0 Å². The molecule has 0 saturated heterocycles. The van der Waals surface area contributed by atoms with E-state index in [4.69, 9.17) is 12.2 Å². The Bertz CT molecular complexity index is 95.2. The summed E-state index contributed by atoms with van der Waals surface area (Å²) >= 11 is 0. The van der Waals surface area contributed by atoms with Crippen LogP contribution in [0.1, 0.15) is 27.1 Å². The molecule has 0 radical (unpaired) electrons. The van der Waals surface area contributed by atoms with Gasteiger partial charge in [0.1, 0.15) is 0 Å². The van der Waals surface area contributed by atoms with Crippen LogP contribution in [0.2, 0.25) is 0 Å². The van der Waals surface area contributed by atoms with Crippen LogP contribution in [0.4, 0.5) is 0 Å². The minimum atomic E-state index is -1.17. The highest BCUT2D eigenvalue weighted by Gasteiger charge is 2.14. The fourth-order valence-electron chi connectivity index (χ4n) is 0.973. The number of aliphatic hydroxyl groups is 1. The molecule has 1 saturated carbocycles. The zero-order valence-corrected chi connectivity index (χ0v) is 4.93. The van der Waals surface area contributed by atoms with Gasteiger partial charge in [-0.25, -0.2) is 0 Å². The van der Waals surface area contributed by atoms with E-state index in [2.05, 4.69) is 0 Å². The fourth-order valence-corrected chi connectivity index (χ4v) is 0.973. The van der Waals surface area contributed by atoms with Gasteiger partial charge in [-0.3, -0.25) is 0 Å². The fraction of sp³-hybridized carbons (Fsp3) is 1.00. The highest BCUT2D eigenvalue weighted by atomic mass is 16.3. The molecule has 0 bridgehead atoms. The summed E-state index contributed by atoms with van der Waals surface area (Å²) in [4.78, 5) is 0. The minimum absolute atomic E-state index is 0.218. The topological polar surface area (TPSA) is 46.2 Å². The molecule has 1 aliphatic carbocycles. The van der Waals surface area contributed by atoms with E-state index in [0.29, 0.717) is 12.8 Å². The molecule has 0 aliphatic heterocycles. The van der Waals surface area contributed by atoms with Gasteiger partial charge in [-0.15, -0.1) is 0 Å². The Balaban J connectivity index is 2.35. The molecule has 2 heteroatoms. The summed E-state index contributed by atoms with van der Waals surface area (Å²) in [6.07, 6.45) is 1.48. The minimum Gasteiger partial charge on any atom is -0.393 e. The molecule has 0 heterocycles. The summed E-state index contributed by atoms with van der Waals surface area (Å²) in [7, 11) is 0. The van der Waals surface area contributed by atoms with Gasteiger partial charge in [-0.2, -0.15) is 0 Å². The summed E-state index contributed by atoms with van der Waals surface area (Å²) in [5, 5.41) is 9.10. The zero-order valence-electron chi connectivity index (χ0n) is 5.93. The molecule has 1 rings (SSSR count). The predicted molar refractivity (Wildman–Crippen MR) is 32.5 cm³/mol. The molecule has 3 N–H and O–H groups in total. The van der Waals surface area contributed by atoms with Gasteiger partial charge >= 0.3 is 0 Å². The average molecular weight is 116 g/mol. The Morgan fingerprint density at radius 1 is 1.38 bits per heavy atom. The van der Waals surface area contributed by atoms with Crippen molar-refractivity contribution < 1.29 is 6.48 Å². The Hall–Kier alpha value is -0.0800. The quantitative estimate of drug-likeness (QED) is 0.476. The molecule has 0 unspecified atom stereocenters. The zero-order chi connectivity index (χ0) is 6.91. The number of rotatable bonds is 0. The summed E-state index contributed by atoms with van der Waals surface area (Å²) in [6, 6.07) is 0.218. The molecule has 0 amide bonds. The van der Waals surface area contributed by atoms with E-state index in [1.54, 1.807) is 0 Å². The van der Waals surface area contributed by atoms with Crippen molar-refractivity contribution in [3.63, 3.8) is 0 Å². The second-order valence-corrected chi connectivity index (χ2v) is 2.40. The van der Waals surface area contributed by atoms with Gasteiger partial charge in [0, 0.05) is 6.04 Å². The van der Waals surface area contributed by atoms with Crippen molar-refractivity contribution in [3.05, 3.63) is 0 Å². The van der Waals surface area contributed by atoms with Crippen LogP contribution in [0.5, 0.6) is 0 Å². The molecular weight excluding hydrogens is 102 g/mol. The Kier molecular flexibility index (Phi) is 1.47. The Morgan fingerprint density at radius 2 is 1.88 bits per heavy atom. The summed E-state index contributed by atoms with van der Waals surface area (Å²) in [5.74, 6) is 0. The largest absolute Gasteiger partial charge is 0.393 e. The third kappa shape index (κ3) is 1.46. The van der Waals surface area contributed by atoms with Crippen LogP contribution in [-0.2, 0) is 0 Å². The molecule has 0 aromatic rings. The monoisotopic (exact) mass is 116 g/mol. The first-order valence-electron chi connectivity index (χ1n) is 3.58. The van der Waals surface area contributed by atoms with E-state index in [1.165, 1.54) is 0 Å². The van der Waals surface area contributed by atoms with E-state index < -0.39 is 6.08 Å². The Morgan fingerprint density at radius 3 is 2.25 bits per heavy atom. The number of hydrogen-bond acceptors (Lipinski definition) is 2. The number of hydrogen-bond donors (Lipinski definition) is 2. The third-order valence-electron chi connectivity index (χ3n) is 1.61. The van der Waals surface area contributed by atoms with Gasteiger partial charge in [-0.05, 0) is 25.7 Å². The summed E-state index contributed by atoms with van der Waals surface area (Å²) in [5.41, 5.74) is 5.56. The first kappa shape index (κ1) is 4.77. The first-order valence-corrected chi connectivity index (χ1v) is 3.08. The third-order valence-corrected chi connectivity index (χ3v) is 1.61. The van der Waals surface area contributed by atoms with Crippen molar-refractivity contribution in [2.45, 2.75) is 37.8 Å². The van der Waals surface area contributed by atoms with Crippen molar-refractivity contribution in [2.75, 3.05) is 0 Å². The first-order chi connectivity index (χ1) is 4.10. The highest BCUT2D eigenvalue weighted by Crippen LogP contribution is 2.15. The van der Waals surface area contributed by atoms with Gasteiger partial charge in [0.25, 0.3) is 0 Å². The SMILES string of the molecule is [2H][C@]1(O)CC[C@H](N)CC1. The number of nitrogens with two attached hydrogens (primary N) is 1. The summed E-state index contributed by atoms with van der Waals surface area (Å²) in [6.45, 7) is 0. The van der Waals surface area contributed by atoms with E-state index in [-0.39, 0.29) is 6.04 Å². The lowest BCUT2D eigenvalue weighted by Gasteiger charge is -2.21. The van der Waals surface area contributed by atoms with Crippen molar-refractivity contribution >= 4 is 0 Å². The lowest BCUT2D eigenvalue weighted by Crippen LogP contribution is -2.28. The van der Waals surface area contributed by atoms with Gasteiger partial charge in [0.05, 0.1) is 7.45 Å². The predicted octanol–water partition coefficient (Wildman–Crippen LogP) is 0.249. The molecule has 0 aromatic heterocycles. The van der Waals surface area contributed by atoms with Crippen LogP contribution in [0, 0.1) is 0 Å². The lowest BCUT2D eigenvalue weighted by molar-refractivity contribution is 0.123. The maximum Gasteiger partial charge on any atom is 0.0600 e. The van der Waals surface area contributed by atoms with Crippen molar-refractivity contribution in [2.24, 2.45) is 5.73 Å². The second-order valence-electron chi connectivity index (χ2n) is 2.40. The van der Waals surface area contributed by atoms with Gasteiger partial charge in [0.15, 0.2) is 0 Å². The van der Waals surface area contributed by atoms with Crippen LogP contribution < -0.4 is 5.73 Å².